The Morgan fingerprint density at radius 2 is 1.39 bits per heavy atom. The van der Waals surface area contributed by atoms with Gasteiger partial charge < -0.3 is 20.3 Å². The van der Waals surface area contributed by atoms with Gasteiger partial charge in [0.1, 0.15) is 11.5 Å². The Labute approximate surface area is 185 Å². The molecule has 0 spiro atoms. The fourth-order valence-electron chi connectivity index (χ4n) is 3.51. The number of carbonyl (C=O) groups is 2. The lowest BCUT2D eigenvalue weighted by Gasteiger charge is -2.36. The van der Waals surface area contributed by atoms with E-state index in [2.05, 4.69) is 4.90 Å². The highest BCUT2D eigenvalue weighted by Crippen LogP contribution is 2.24. The van der Waals surface area contributed by atoms with Crippen LogP contribution in [-0.2, 0) is 0 Å². The summed E-state index contributed by atoms with van der Waals surface area (Å²) < 4.78 is 5.77. The SMILES string of the molecule is NC(=O)c1ccc(Oc2ccc(C(=O)N3CCN(c4cccc(Cl)c4)CC3)cc2)cc1. The topological polar surface area (TPSA) is 75.9 Å². The molecular formula is C24H22ClN3O3. The van der Waals surface area contributed by atoms with Gasteiger partial charge in [0.15, 0.2) is 0 Å². The van der Waals surface area contributed by atoms with E-state index < -0.39 is 5.91 Å². The summed E-state index contributed by atoms with van der Waals surface area (Å²) in [5, 5.41) is 0.710. The first kappa shape index (κ1) is 20.8. The van der Waals surface area contributed by atoms with E-state index in [1.807, 2.05) is 29.2 Å². The molecule has 1 fully saturated rings. The van der Waals surface area contributed by atoms with E-state index >= 15 is 0 Å². The fourth-order valence-corrected chi connectivity index (χ4v) is 3.70. The molecule has 1 aliphatic rings. The molecule has 31 heavy (non-hydrogen) atoms. The van der Waals surface area contributed by atoms with Crippen molar-refractivity contribution in [1.29, 1.82) is 0 Å². The van der Waals surface area contributed by atoms with E-state index in [1.165, 1.54) is 0 Å². The van der Waals surface area contributed by atoms with Crippen molar-refractivity contribution in [3.8, 4) is 11.5 Å². The van der Waals surface area contributed by atoms with Gasteiger partial charge in [-0.05, 0) is 66.7 Å². The number of primary amides is 1. The molecule has 1 heterocycles. The van der Waals surface area contributed by atoms with Crippen LogP contribution in [0.1, 0.15) is 20.7 Å². The van der Waals surface area contributed by atoms with Gasteiger partial charge in [-0.2, -0.15) is 0 Å². The van der Waals surface area contributed by atoms with Crippen molar-refractivity contribution in [3.05, 3.63) is 88.9 Å². The Balaban J connectivity index is 1.34. The van der Waals surface area contributed by atoms with Gasteiger partial charge in [-0.1, -0.05) is 17.7 Å². The van der Waals surface area contributed by atoms with Gasteiger partial charge in [0, 0.05) is 48.0 Å². The number of halogens is 1. The highest BCUT2D eigenvalue weighted by Gasteiger charge is 2.22. The molecule has 3 aromatic carbocycles. The predicted octanol–water partition coefficient (Wildman–Crippen LogP) is 4.19. The molecule has 0 unspecified atom stereocenters. The summed E-state index contributed by atoms with van der Waals surface area (Å²) in [6, 6.07) is 21.4. The number of carbonyl (C=O) groups excluding carboxylic acids is 2. The Morgan fingerprint density at radius 3 is 1.94 bits per heavy atom. The second kappa shape index (κ2) is 9.10. The van der Waals surface area contributed by atoms with Gasteiger partial charge in [-0.3, -0.25) is 9.59 Å². The molecule has 0 radical (unpaired) electrons. The van der Waals surface area contributed by atoms with E-state index in [9.17, 15) is 9.59 Å². The second-order valence-corrected chi connectivity index (χ2v) is 7.71. The smallest absolute Gasteiger partial charge is 0.253 e. The molecule has 2 amide bonds. The minimum Gasteiger partial charge on any atom is -0.457 e. The number of nitrogens with two attached hydrogens (primary N) is 1. The number of rotatable bonds is 5. The third-order valence-electron chi connectivity index (χ3n) is 5.22. The molecule has 7 heteroatoms. The lowest BCUT2D eigenvalue weighted by atomic mass is 10.1. The van der Waals surface area contributed by atoms with Crippen LogP contribution in [0.5, 0.6) is 11.5 Å². The maximum absolute atomic E-state index is 12.9. The second-order valence-electron chi connectivity index (χ2n) is 7.27. The van der Waals surface area contributed by atoms with Crippen LogP contribution in [-0.4, -0.2) is 42.9 Å². The maximum Gasteiger partial charge on any atom is 0.253 e. The number of ether oxygens (including phenoxy) is 1. The number of piperazine rings is 1. The van der Waals surface area contributed by atoms with Gasteiger partial charge in [-0.25, -0.2) is 0 Å². The number of anilines is 1. The van der Waals surface area contributed by atoms with Gasteiger partial charge >= 0.3 is 0 Å². The largest absolute Gasteiger partial charge is 0.457 e. The zero-order valence-electron chi connectivity index (χ0n) is 16.8. The summed E-state index contributed by atoms with van der Waals surface area (Å²) in [7, 11) is 0. The summed E-state index contributed by atoms with van der Waals surface area (Å²) >= 11 is 6.09. The van der Waals surface area contributed by atoms with Crippen molar-refractivity contribution in [2.75, 3.05) is 31.1 Å². The third-order valence-corrected chi connectivity index (χ3v) is 5.45. The van der Waals surface area contributed by atoms with Gasteiger partial charge in [0.05, 0.1) is 0 Å². The van der Waals surface area contributed by atoms with Crippen LogP contribution in [0.25, 0.3) is 0 Å². The van der Waals surface area contributed by atoms with Crippen molar-refractivity contribution >= 4 is 29.1 Å². The van der Waals surface area contributed by atoms with E-state index in [4.69, 9.17) is 22.1 Å². The van der Waals surface area contributed by atoms with Crippen molar-refractivity contribution in [1.82, 2.24) is 4.90 Å². The summed E-state index contributed by atoms with van der Waals surface area (Å²) in [4.78, 5) is 28.1. The lowest BCUT2D eigenvalue weighted by Crippen LogP contribution is -2.48. The number of nitrogens with zero attached hydrogens (tertiary/aromatic N) is 2. The molecule has 3 aromatic rings. The fraction of sp³-hybridized carbons (Fsp3) is 0.167. The number of benzene rings is 3. The molecular weight excluding hydrogens is 414 g/mol. The van der Waals surface area contributed by atoms with Crippen LogP contribution in [0, 0.1) is 0 Å². The maximum atomic E-state index is 12.9. The van der Waals surface area contributed by atoms with Gasteiger partial charge in [0.25, 0.3) is 5.91 Å². The first-order valence-electron chi connectivity index (χ1n) is 9.97. The highest BCUT2D eigenvalue weighted by atomic mass is 35.5. The summed E-state index contributed by atoms with van der Waals surface area (Å²) in [5.41, 5.74) is 7.35. The predicted molar refractivity (Wildman–Crippen MR) is 121 cm³/mol. The molecule has 6 nitrogen and oxygen atoms in total. The van der Waals surface area contributed by atoms with Gasteiger partial charge in [-0.15, -0.1) is 0 Å². The Kier molecular flexibility index (Phi) is 6.09. The number of hydrogen-bond donors (Lipinski definition) is 1. The zero-order chi connectivity index (χ0) is 21.8. The molecule has 158 valence electrons. The summed E-state index contributed by atoms with van der Waals surface area (Å²) in [6.45, 7) is 2.81. The van der Waals surface area contributed by atoms with Crippen molar-refractivity contribution < 1.29 is 14.3 Å². The van der Waals surface area contributed by atoms with Crippen LogP contribution in [0.2, 0.25) is 5.02 Å². The minimum atomic E-state index is -0.484. The summed E-state index contributed by atoms with van der Waals surface area (Å²) in [5.74, 6) is 0.710. The van der Waals surface area contributed by atoms with E-state index in [0.717, 1.165) is 18.8 Å². The van der Waals surface area contributed by atoms with Crippen LogP contribution in [0.15, 0.2) is 72.8 Å². The van der Waals surface area contributed by atoms with E-state index in [0.29, 0.717) is 40.7 Å². The van der Waals surface area contributed by atoms with Crippen molar-refractivity contribution in [3.63, 3.8) is 0 Å². The first-order chi connectivity index (χ1) is 15.0. The standard InChI is InChI=1S/C24H22ClN3O3/c25-19-2-1-3-20(16-19)27-12-14-28(15-13-27)24(30)18-6-10-22(11-7-18)31-21-8-4-17(5-9-21)23(26)29/h1-11,16H,12-15H2,(H2,26,29). The molecule has 0 aromatic heterocycles. The Morgan fingerprint density at radius 1 is 0.806 bits per heavy atom. The monoisotopic (exact) mass is 435 g/mol. The molecule has 4 rings (SSSR count). The minimum absolute atomic E-state index is 0.00288. The molecule has 1 aliphatic heterocycles. The Hall–Kier alpha value is -3.51. The number of amides is 2. The third kappa shape index (κ3) is 4.98. The van der Waals surface area contributed by atoms with Crippen molar-refractivity contribution in [2.24, 2.45) is 5.73 Å². The van der Waals surface area contributed by atoms with E-state index in [1.54, 1.807) is 48.5 Å². The van der Waals surface area contributed by atoms with Crippen LogP contribution in [0.3, 0.4) is 0 Å². The van der Waals surface area contributed by atoms with Crippen LogP contribution >= 0.6 is 11.6 Å². The van der Waals surface area contributed by atoms with Crippen molar-refractivity contribution in [2.45, 2.75) is 0 Å². The molecule has 0 saturated carbocycles. The zero-order valence-corrected chi connectivity index (χ0v) is 17.6. The average Bonchev–Trinajstić information content (AvgIpc) is 2.80. The summed E-state index contributed by atoms with van der Waals surface area (Å²) in [6.07, 6.45) is 0. The quantitative estimate of drug-likeness (QED) is 0.651. The van der Waals surface area contributed by atoms with Crippen LogP contribution < -0.4 is 15.4 Å². The molecule has 2 N–H and O–H groups in total. The number of hydrogen-bond acceptors (Lipinski definition) is 4. The lowest BCUT2D eigenvalue weighted by molar-refractivity contribution is 0.0746. The Bertz CT molecular complexity index is 1080. The van der Waals surface area contributed by atoms with Gasteiger partial charge in [0.2, 0.25) is 5.91 Å². The molecule has 1 saturated heterocycles. The van der Waals surface area contributed by atoms with Crippen LogP contribution in [0.4, 0.5) is 5.69 Å². The highest BCUT2D eigenvalue weighted by molar-refractivity contribution is 6.30. The average molecular weight is 436 g/mol. The van der Waals surface area contributed by atoms with E-state index in [-0.39, 0.29) is 5.91 Å². The normalized spacial score (nSPS) is 13.7. The molecule has 0 bridgehead atoms. The molecule has 0 atom stereocenters. The first-order valence-corrected chi connectivity index (χ1v) is 10.3. The molecule has 0 aliphatic carbocycles.